The van der Waals surface area contributed by atoms with Gasteiger partial charge in [-0.15, -0.1) is 0 Å². The van der Waals surface area contributed by atoms with Crippen LogP contribution in [0.5, 0.6) is 0 Å². The Morgan fingerprint density at radius 3 is 2.56 bits per heavy atom. The van der Waals surface area contributed by atoms with Gasteiger partial charge in [0, 0.05) is 25.7 Å². The first-order valence-corrected chi connectivity index (χ1v) is 7.18. The smallest absolute Gasteiger partial charge is 0.0110 e. The summed E-state index contributed by atoms with van der Waals surface area (Å²) < 4.78 is 0. The molecule has 96 valence electrons. The summed E-state index contributed by atoms with van der Waals surface area (Å²) in [6.45, 7) is 11.9. The Hall–Kier alpha value is -0.0800. The van der Waals surface area contributed by atoms with E-state index in [4.69, 9.17) is 0 Å². The highest BCUT2D eigenvalue weighted by molar-refractivity contribution is 4.80. The summed E-state index contributed by atoms with van der Waals surface area (Å²) in [5.74, 6) is 0.902. The summed E-state index contributed by atoms with van der Waals surface area (Å²) in [5, 5.41) is 3.56. The SMILES string of the molecule is CCCCCCNCCN1CC(C)CC1C. The van der Waals surface area contributed by atoms with Crippen molar-refractivity contribution >= 4 is 0 Å². The van der Waals surface area contributed by atoms with E-state index in [0.29, 0.717) is 0 Å². The van der Waals surface area contributed by atoms with Crippen LogP contribution in [0.15, 0.2) is 0 Å². The van der Waals surface area contributed by atoms with Crippen LogP contribution in [0.2, 0.25) is 0 Å². The molecule has 0 aromatic rings. The van der Waals surface area contributed by atoms with Gasteiger partial charge in [-0.25, -0.2) is 0 Å². The predicted octanol–water partition coefficient (Wildman–Crippen LogP) is 2.89. The maximum atomic E-state index is 3.56. The van der Waals surface area contributed by atoms with E-state index >= 15 is 0 Å². The summed E-state index contributed by atoms with van der Waals surface area (Å²) in [6.07, 6.45) is 6.85. The van der Waals surface area contributed by atoms with Crippen LogP contribution in [0.3, 0.4) is 0 Å². The zero-order valence-corrected chi connectivity index (χ0v) is 11.5. The molecule has 0 aromatic heterocycles. The lowest BCUT2D eigenvalue weighted by Crippen LogP contribution is -2.34. The zero-order valence-electron chi connectivity index (χ0n) is 11.5. The molecule has 0 radical (unpaired) electrons. The molecule has 0 saturated carbocycles. The van der Waals surface area contributed by atoms with E-state index in [0.717, 1.165) is 12.0 Å². The van der Waals surface area contributed by atoms with E-state index in [2.05, 4.69) is 31.0 Å². The average molecular weight is 226 g/mol. The Morgan fingerprint density at radius 2 is 1.94 bits per heavy atom. The minimum Gasteiger partial charge on any atom is -0.315 e. The standard InChI is InChI=1S/C14H30N2/c1-4-5-6-7-8-15-9-10-16-12-13(2)11-14(16)3/h13-15H,4-12H2,1-3H3. The van der Waals surface area contributed by atoms with Crippen LogP contribution in [0.25, 0.3) is 0 Å². The van der Waals surface area contributed by atoms with Crippen LogP contribution in [-0.4, -0.2) is 37.1 Å². The summed E-state index contributed by atoms with van der Waals surface area (Å²) in [7, 11) is 0. The van der Waals surface area contributed by atoms with Crippen LogP contribution < -0.4 is 5.32 Å². The molecule has 1 rings (SSSR count). The maximum Gasteiger partial charge on any atom is 0.0110 e. The monoisotopic (exact) mass is 226 g/mol. The van der Waals surface area contributed by atoms with Gasteiger partial charge in [-0.2, -0.15) is 0 Å². The zero-order chi connectivity index (χ0) is 11.8. The van der Waals surface area contributed by atoms with Crippen molar-refractivity contribution in [2.24, 2.45) is 5.92 Å². The van der Waals surface area contributed by atoms with Gasteiger partial charge in [0.15, 0.2) is 0 Å². The van der Waals surface area contributed by atoms with Gasteiger partial charge in [-0.3, -0.25) is 4.90 Å². The molecule has 0 aromatic carbocycles. The number of nitrogens with one attached hydrogen (secondary N) is 1. The minimum atomic E-state index is 0.803. The quantitative estimate of drug-likeness (QED) is 0.640. The molecule has 16 heavy (non-hydrogen) atoms. The largest absolute Gasteiger partial charge is 0.315 e. The molecule has 1 fully saturated rings. The molecule has 2 nitrogen and oxygen atoms in total. The van der Waals surface area contributed by atoms with Gasteiger partial charge in [0.2, 0.25) is 0 Å². The van der Waals surface area contributed by atoms with Crippen LogP contribution in [0.1, 0.15) is 52.9 Å². The summed E-state index contributed by atoms with van der Waals surface area (Å²) in [6, 6.07) is 0.803. The fraction of sp³-hybridized carbons (Fsp3) is 1.00. The molecule has 2 atom stereocenters. The van der Waals surface area contributed by atoms with E-state index in [-0.39, 0.29) is 0 Å². The third kappa shape index (κ3) is 5.31. The van der Waals surface area contributed by atoms with Crippen molar-refractivity contribution in [3.8, 4) is 0 Å². The second kappa shape index (κ2) is 8.08. The van der Waals surface area contributed by atoms with E-state index in [9.17, 15) is 0 Å². The van der Waals surface area contributed by atoms with Gasteiger partial charge in [0.1, 0.15) is 0 Å². The van der Waals surface area contributed by atoms with Crippen molar-refractivity contribution in [1.29, 1.82) is 0 Å². The third-order valence-electron chi connectivity index (χ3n) is 3.70. The highest BCUT2D eigenvalue weighted by atomic mass is 15.2. The first kappa shape index (κ1) is 14.0. The molecule has 1 saturated heterocycles. The molecule has 0 bridgehead atoms. The predicted molar refractivity (Wildman–Crippen MR) is 71.8 cm³/mol. The first-order chi connectivity index (χ1) is 7.74. The van der Waals surface area contributed by atoms with E-state index in [1.165, 1.54) is 58.3 Å². The lowest BCUT2D eigenvalue weighted by Gasteiger charge is -2.21. The Bertz CT molecular complexity index is 170. The molecule has 1 aliphatic heterocycles. The van der Waals surface area contributed by atoms with Crippen molar-refractivity contribution in [1.82, 2.24) is 10.2 Å². The molecular formula is C14H30N2. The molecule has 0 spiro atoms. The van der Waals surface area contributed by atoms with Gasteiger partial charge in [-0.05, 0) is 32.2 Å². The lowest BCUT2D eigenvalue weighted by molar-refractivity contribution is 0.264. The van der Waals surface area contributed by atoms with Gasteiger partial charge in [-0.1, -0.05) is 33.1 Å². The van der Waals surface area contributed by atoms with Gasteiger partial charge < -0.3 is 5.32 Å². The third-order valence-corrected chi connectivity index (χ3v) is 3.70. The van der Waals surface area contributed by atoms with E-state index in [1.54, 1.807) is 0 Å². The van der Waals surface area contributed by atoms with Gasteiger partial charge in [0.25, 0.3) is 0 Å². The molecule has 2 heteroatoms. The Kier molecular flexibility index (Phi) is 7.06. The molecule has 1 N–H and O–H groups in total. The first-order valence-electron chi connectivity index (χ1n) is 7.18. The molecule has 0 amide bonds. The molecule has 1 heterocycles. The topological polar surface area (TPSA) is 15.3 Å². The number of likely N-dealkylation sites (tertiary alicyclic amines) is 1. The van der Waals surface area contributed by atoms with Crippen molar-refractivity contribution in [2.75, 3.05) is 26.2 Å². The number of rotatable bonds is 8. The fourth-order valence-electron chi connectivity index (χ4n) is 2.72. The average Bonchev–Trinajstić information content (AvgIpc) is 2.56. The molecule has 1 aliphatic rings. The van der Waals surface area contributed by atoms with Crippen LogP contribution in [0.4, 0.5) is 0 Å². The summed E-state index contributed by atoms with van der Waals surface area (Å²) >= 11 is 0. The molecule has 0 aliphatic carbocycles. The Morgan fingerprint density at radius 1 is 1.12 bits per heavy atom. The van der Waals surface area contributed by atoms with Crippen molar-refractivity contribution in [3.63, 3.8) is 0 Å². The second-order valence-electron chi connectivity index (χ2n) is 5.50. The number of hydrogen-bond acceptors (Lipinski definition) is 2. The lowest BCUT2D eigenvalue weighted by atomic mass is 10.1. The molecular weight excluding hydrogens is 196 g/mol. The second-order valence-corrected chi connectivity index (χ2v) is 5.50. The van der Waals surface area contributed by atoms with Crippen molar-refractivity contribution < 1.29 is 0 Å². The van der Waals surface area contributed by atoms with E-state index in [1.807, 2.05) is 0 Å². The maximum absolute atomic E-state index is 3.56. The summed E-state index contributed by atoms with van der Waals surface area (Å²) in [4.78, 5) is 2.63. The molecule has 2 unspecified atom stereocenters. The van der Waals surface area contributed by atoms with Crippen molar-refractivity contribution in [2.45, 2.75) is 58.9 Å². The number of hydrogen-bond donors (Lipinski definition) is 1. The van der Waals surface area contributed by atoms with Gasteiger partial charge >= 0.3 is 0 Å². The fourth-order valence-corrected chi connectivity index (χ4v) is 2.72. The Balaban J connectivity index is 1.91. The van der Waals surface area contributed by atoms with Crippen LogP contribution in [-0.2, 0) is 0 Å². The van der Waals surface area contributed by atoms with Crippen LogP contribution >= 0.6 is 0 Å². The summed E-state index contributed by atoms with van der Waals surface area (Å²) in [5.41, 5.74) is 0. The van der Waals surface area contributed by atoms with Crippen molar-refractivity contribution in [3.05, 3.63) is 0 Å². The van der Waals surface area contributed by atoms with Gasteiger partial charge in [0.05, 0.1) is 0 Å². The van der Waals surface area contributed by atoms with E-state index < -0.39 is 0 Å². The highest BCUT2D eigenvalue weighted by Crippen LogP contribution is 2.21. The normalized spacial score (nSPS) is 26.4. The highest BCUT2D eigenvalue weighted by Gasteiger charge is 2.24. The number of unbranched alkanes of at least 4 members (excludes halogenated alkanes) is 3. The Labute approximate surface area is 102 Å². The minimum absolute atomic E-state index is 0.803. The number of nitrogens with zero attached hydrogens (tertiary/aromatic N) is 1. The van der Waals surface area contributed by atoms with Crippen LogP contribution in [0, 0.1) is 5.92 Å².